The second-order valence-corrected chi connectivity index (χ2v) is 8.42. The summed E-state index contributed by atoms with van der Waals surface area (Å²) in [6.07, 6.45) is 4.33. The van der Waals surface area contributed by atoms with E-state index in [1.165, 1.54) is 0 Å². The molecule has 1 unspecified atom stereocenters. The number of nitrogens with two attached hydrogens (primary N) is 1. The topological polar surface area (TPSA) is 75.8 Å². The van der Waals surface area contributed by atoms with Crippen molar-refractivity contribution >= 4 is 40.7 Å². The van der Waals surface area contributed by atoms with Gasteiger partial charge in [0.05, 0.1) is 0 Å². The number of benzene rings is 2. The van der Waals surface area contributed by atoms with Gasteiger partial charge in [-0.25, -0.2) is 0 Å². The molecule has 1 atom stereocenters. The van der Waals surface area contributed by atoms with Crippen LogP contribution in [0.4, 0.5) is 0 Å². The van der Waals surface area contributed by atoms with Gasteiger partial charge in [0.1, 0.15) is 17.4 Å². The summed E-state index contributed by atoms with van der Waals surface area (Å²) in [5.41, 5.74) is 6.66. The molecule has 0 bridgehead atoms. The van der Waals surface area contributed by atoms with Crippen molar-refractivity contribution < 1.29 is 9.59 Å². The van der Waals surface area contributed by atoms with Crippen molar-refractivity contribution in [1.82, 2.24) is 4.90 Å². The minimum atomic E-state index is -0.937. The summed E-state index contributed by atoms with van der Waals surface area (Å²) in [5.74, 6) is -0.892. The van der Waals surface area contributed by atoms with E-state index >= 15 is 0 Å². The van der Waals surface area contributed by atoms with Crippen molar-refractivity contribution in [3.8, 4) is 0 Å². The van der Waals surface area contributed by atoms with Gasteiger partial charge in [0, 0.05) is 15.6 Å². The van der Waals surface area contributed by atoms with Crippen LogP contribution in [0.3, 0.4) is 0 Å². The van der Waals surface area contributed by atoms with Crippen molar-refractivity contribution in [2.24, 2.45) is 10.7 Å². The fraction of sp³-hybridized carbons (Fsp3) is 0.318. The maximum absolute atomic E-state index is 13.6. The molecule has 2 aromatic carbocycles. The molecule has 1 aliphatic heterocycles. The Morgan fingerprint density at radius 3 is 2.34 bits per heavy atom. The molecule has 1 spiro atoms. The molecule has 7 heteroatoms. The van der Waals surface area contributed by atoms with Crippen molar-refractivity contribution in [3.05, 3.63) is 69.7 Å². The minimum Gasteiger partial charge on any atom is -0.368 e. The maximum atomic E-state index is 13.6. The zero-order valence-electron chi connectivity index (χ0n) is 15.8. The lowest BCUT2D eigenvalue weighted by molar-refractivity contribution is -0.141. The number of primary amides is 1. The molecule has 2 amide bonds. The zero-order chi connectivity index (χ0) is 20.6. The molecule has 2 N–H and O–H groups in total. The van der Waals surface area contributed by atoms with Gasteiger partial charge >= 0.3 is 0 Å². The molecule has 0 saturated heterocycles. The van der Waals surface area contributed by atoms with Gasteiger partial charge in [0.15, 0.2) is 0 Å². The van der Waals surface area contributed by atoms with Crippen LogP contribution in [0.25, 0.3) is 0 Å². The second kappa shape index (κ2) is 7.81. The second-order valence-electron chi connectivity index (χ2n) is 7.55. The van der Waals surface area contributed by atoms with Crippen LogP contribution in [0.15, 0.2) is 53.5 Å². The van der Waals surface area contributed by atoms with E-state index in [-0.39, 0.29) is 5.91 Å². The van der Waals surface area contributed by atoms with Crippen LogP contribution in [0.1, 0.15) is 49.3 Å². The average Bonchev–Trinajstić information content (AvgIpc) is 2.96. The molecule has 0 radical (unpaired) electrons. The van der Waals surface area contributed by atoms with Crippen molar-refractivity contribution in [1.29, 1.82) is 0 Å². The molecule has 150 valence electrons. The zero-order valence-corrected chi connectivity index (χ0v) is 17.3. The predicted octanol–water partition coefficient (Wildman–Crippen LogP) is 4.51. The normalized spacial score (nSPS) is 19.3. The Morgan fingerprint density at radius 1 is 1.03 bits per heavy atom. The largest absolute Gasteiger partial charge is 0.368 e. The number of aliphatic imine (C=N–C) groups is 1. The average molecular weight is 430 g/mol. The standard InChI is InChI=1S/C22H21Cl2N3O2/c23-16-9-7-14(8-10-16)18-21(29)27(22(26-18)11-2-1-3-12-22)19(20(25)28)15-5-4-6-17(24)13-15/h4-10,13,19H,1-3,11-12H2,(H2,25,28). The SMILES string of the molecule is NC(=O)C(c1cccc(Cl)c1)N1C(=O)C(c2ccc(Cl)cc2)=NC12CCCCC2. The first-order valence-electron chi connectivity index (χ1n) is 9.65. The molecule has 1 fully saturated rings. The van der Waals surface area contributed by atoms with E-state index in [1.807, 2.05) is 0 Å². The summed E-state index contributed by atoms with van der Waals surface area (Å²) in [5, 5.41) is 1.06. The number of halogens is 2. The van der Waals surface area contributed by atoms with Gasteiger partial charge in [-0.05, 0) is 55.5 Å². The molecule has 29 heavy (non-hydrogen) atoms. The fourth-order valence-corrected chi connectivity index (χ4v) is 4.68. The summed E-state index contributed by atoms with van der Waals surface area (Å²) in [4.78, 5) is 32.7. The maximum Gasteiger partial charge on any atom is 0.275 e. The lowest BCUT2D eigenvalue weighted by atomic mass is 9.86. The highest BCUT2D eigenvalue weighted by atomic mass is 35.5. The fourth-order valence-electron chi connectivity index (χ4n) is 4.35. The van der Waals surface area contributed by atoms with Crippen LogP contribution >= 0.6 is 23.2 Å². The quantitative estimate of drug-likeness (QED) is 0.775. The summed E-state index contributed by atoms with van der Waals surface area (Å²) in [6.45, 7) is 0. The first kappa shape index (κ1) is 19.9. The minimum absolute atomic E-state index is 0.294. The van der Waals surface area contributed by atoms with E-state index in [9.17, 15) is 9.59 Å². The number of rotatable bonds is 4. The van der Waals surface area contributed by atoms with E-state index in [0.29, 0.717) is 39.7 Å². The van der Waals surface area contributed by atoms with E-state index in [2.05, 4.69) is 0 Å². The number of hydrogen-bond acceptors (Lipinski definition) is 3. The Bertz CT molecular complexity index is 982. The number of carbonyl (C=O) groups is 2. The third kappa shape index (κ3) is 3.65. The molecule has 1 aliphatic carbocycles. The molecule has 1 heterocycles. The Kier molecular flexibility index (Phi) is 5.36. The molecular formula is C22H21Cl2N3O2. The number of hydrogen-bond donors (Lipinski definition) is 1. The Balaban J connectivity index is 1.83. The lowest BCUT2D eigenvalue weighted by Gasteiger charge is -2.42. The first-order valence-corrected chi connectivity index (χ1v) is 10.4. The smallest absolute Gasteiger partial charge is 0.275 e. The Morgan fingerprint density at radius 2 is 1.72 bits per heavy atom. The number of amides is 2. The van der Waals surface area contributed by atoms with Crippen LogP contribution < -0.4 is 5.73 Å². The monoisotopic (exact) mass is 429 g/mol. The highest BCUT2D eigenvalue weighted by molar-refractivity contribution is 6.47. The van der Waals surface area contributed by atoms with E-state index in [4.69, 9.17) is 33.9 Å². The number of carbonyl (C=O) groups excluding carboxylic acids is 2. The van der Waals surface area contributed by atoms with Crippen LogP contribution in [0.5, 0.6) is 0 Å². The predicted molar refractivity (Wildman–Crippen MR) is 114 cm³/mol. The van der Waals surface area contributed by atoms with E-state index in [1.54, 1.807) is 53.4 Å². The van der Waals surface area contributed by atoms with Crippen LogP contribution in [0, 0.1) is 0 Å². The molecule has 2 aromatic rings. The van der Waals surface area contributed by atoms with Gasteiger partial charge in [-0.3, -0.25) is 19.5 Å². The Labute approximate surface area is 179 Å². The highest BCUT2D eigenvalue weighted by Crippen LogP contribution is 2.44. The van der Waals surface area contributed by atoms with Gasteiger partial charge in [-0.2, -0.15) is 0 Å². The summed E-state index contributed by atoms with van der Waals surface area (Å²) < 4.78 is 0. The van der Waals surface area contributed by atoms with E-state index in [0.717, 1.165) is 19.3 Å². The van der Waals surface area contributed by atoms with Gasteiger partial charge in [-0.1, -0.05) is 53.9 Å². The molecule has 4 rings (SSSR count). The van der Waals surface area contributed by atoms with Gasteiger partial charge in [0.25, 0.3) is 5.91 Å². The first-order chi connectivity index (χ1) is 13.9. The molecule has 0 aromatic heterocycles. The third-order valence-corrected chi connectivity index (χ3v) is 6.14. The molecule has 5 nitrogen and oxygen atoms in total. The van der Waals surface area contributed by atoms with Crippen molar-refractivity contribution in [2.75, 3.05) is 0 Å². The third-order valence-electron chi connectivity index (χ3n) is 5.65. The van der Waals surface area contributed by atoms with Crippen molar-refractivity contribution in [2.45, 2.75) is 43.8 Å². The van der Waals surface area contributed by atoms with Crippen LogP contribution in [-0.4, -0.2) is 28.1 Å². The molecule has 2 aliphatic rings. The lowest BCUT2D eigenvalue weighted by Crippen LogP contribution is -2.53. The highest BCUT2D eigenvalue weighted by Gasteiger charge is 2.52. The van der Waals surface area contributed by atoms with Crippen LogP contribution in [-0.2, 0) is 9.59 Å². The van der Waals surface area contributed by atoms with Crippen molar-refractivity contribution in [3.63, 3.8) is 0 Å². The van der Waals surface area contributed by atoms with Gasteiger partial charge in [-0.15, -0.1) is 0 Å². The van der Waals surface area contributed by atoms with Gasteiger partial charge < -0.3 is 5.73 Å². The summed E-state index contributed by atoms with van der Waals surface area (Å²) in [7, 11) is 0. The molecular weight excluding hydrogens is 409 g/mol. The summed E-state index contributed by atoms with van der Waals surface area (Å²) >= 11 is 12.2. The summed E-state index contributed by atoms with van der Waals surface area (Å²) in [6, 6.07) is 13.0. The van der Waals surface area contributed by atoms with E-state index < -0.39 is 17.6 Å². The molecule has 1 saturated carbocycles. The number of nitrogens with zero attached hydrogens (tertiary/aromatic N) is 2. The van der Waals surface area contributed by atoms with Gasteiger partial charge in [0.2, 0.25) is 5.91 Å². The Hall–Kier alpha value is -2.37. The van der Waals surface area contributed by atoms with Crippen LogP contribution in [0.2, 0.25) is 10.0 Å².